The molecule has 1 saturated carbocycles. The molecule has 2 aromatic rings. The number of aromatic amines is 2. The molecule has 0 bridgehead atoms. The van der Waals surface area contributed by atoms with Crippen LogP contribution in [0.25, 0.3) is 11.3 Å². The van der Waals surface area contributed by atoms with Gasteiger partial charge < -0.3 is 4.98 Å². The van der Waals surface area contributed by atoms with E-state index in [9.17, 15) is 14.0 Å². The molecule has 0 spiro atoms. The summed E-state index contributed by atoms with van der Waals surface area (Å²) >= 11 is 0. The summed E-state index contributed by atoms with van der Waals surface area (Å²) in [5, 5.41) is 8.16. The van der Waals surface area contributed by atoms with Gasteiger partial charge in [0.05, 0.1) is 11.3 Å². The molecule has 6 nitrogen and oxygen atoms in total. The Hall–Kier alpha value is -2.57. The van der Waals surface area contributed by atoms with Crippen LogP contribution in [0.15, 0.2) is 34.0 Å². The van der Waals surface area contributed by atoms with Crippen molar-refractivity contribution in [1.29, 1.82) is 0 Å². The fraction of sp³-hybridized carbons (Fsp3) is 0.375. The average Bonchev–Trinajstić information content (AvgIpc) is 3.25. The molecule has 1 aliphatic rings. The van der Waals surface area contributed by atoms with Crippen LogP contribution < -0.4 is 11.2 Å². The minimum absolute atomic E-state index is 0.265. The topological polar surface area (TPSA) is 91.5 Å². The van der Waals surface area contributed by atoms with Crippen molar-refractivity contribution < 1.29 is 4.39 Å². The molecule has 1 aliphatic carbocycles. The summed E-state index contributed by atoms with van der Waals surface area (Å²) in [6, 6.07) is 1.82. The maximum Gasteiger partial charge on any atom is 0.325 e. The number of hydrogen-bond donors (Lipinski definition) is 2. The van der Waals surface area contributed by atoms with Crippen molar-refractivity contribution in [3.63, 3.8) is 0 Å². The second-order valence-electron chi connectivity index (χ2n) is 5.82. The Morgan fingerprint density at radius 3 is 2.87 bits per heavy atom. The lowest BCUT2D eigenvalue weighted by atomic mass is 10.1. The average molecular weight is 316 g/mol. The predicted molar refractivity (Wildman–Crippen MR) is 84.0 cm³/mol. The first-order valence-corrected chi connectivity index (χ1v) is 7.44. The Bertz CT molecular complexity index is 869. The fourth-order valence-corrected chi connectivity index (χ4v) is 2.65. The number of aryl methyl sites for hydroxylation is 1. The number of H-pyrrole nitrogens is 2. The number of halogens is 1. The summed E-state index contributed by atoms with van der Waals surface area (Å²) < 4.78 is 12.9. The Morgan fingerprint density at radius 1 is 1.39 bits per heavy atom. The molecule has 0 saturated heterocycles. The quantitative estimate of drug-likeness (QED) is 0.842. The van der Waals surface area contributed by atoms with E-state index in [0.717, 1.165) is 17.7 Å². The van der Waals surface area contributed by atoms with Gasteiger partial charge in [0.15, 0.2) is 0 Å². The summed E-state index contributed by atoms with van der Waals surface area (Å²) in [4.78, 5) is 27.6. The molecule has 120 valence electrons. The Morgan fingerprint density at radius 2 is 2.17 bits per heavy atom. The highest BCUT2D eigenvalue weighted by Crippen LogP contribution is 2.49. The maximum atomic E-state index is 12.9. The molecule has 2 aromatic heterocycles. The van der Waals surface area contributed by atoms with E-state index in [0.29, 0.717) is 5.69 Å². The smallest absolute Gasteiger partial charge is 0.313 e. The highest BCUT2D eigenvalue weighted by atomic mass is 19.1. The molecule has 2 N–H and O–H groups in total. The van der Waals surface area contributed by atoms with E-state index in [1.807, 2.05) is 19.1 Å². The lowest BCUT2D eigenvalue weighted by molar-refractivity contribution is 0.429. The highest BCUT2D eigenvalue weighted by Gasteiger charge is 2.37. The zero-order valence-electron chi connectivity index (χ0n) is 12.8. The van der Waals surface area contributed by atoms with Crippen molar-refractivity contribution in [2.45, 2.75) is 32.4 Å². The molecule has 2 heterocycles. The van der Waals surface area contributed by atoms with E-state index in [4.69, 9.17) is 0 Å². The van der Waals surface area contributed by atoms with Gasteiger partial charge in [-0.25, -0.2) is 9.18 Å². The number of hydrogen-bond acceptors (Lipinski definition) is 4. The monoisotopic (exact) mass is 316 g/mol. The summed E-state index contributed by atoms with van der Waals surface area (Å²) in [5.41, 5.74) is 1.41. The Kier molecular flexibility index (Phi) is 3.94. The molecule has 1 unspecified atom stereocenters. The molecule has 3 rings (SSSR count). The zero-order chi connectivity index (χ0) is 16.6. The molecular formula is C16H17FN4O2. The van der Waals surface area contributed by atoms with Gasteiger partial charge in [-0.1, -0.05) is 12.2 Å². The van der Waals surface area contributed by atoms with E-state index in [1.165, 1.54) is 13.1 Å². The van der Waals surface area contributed by atoms with Crippen LogP contribution >= 0.6 is 0 Å². The highest BCUT2D eigenvalue weighted by molar-refractivity contribution is 5.57. The normalized spacial score (nSPS) is 21.5. The largest absolute Gasteiger partial charge is 0.325 e. The molecule has 23 heavy (non-hydrogen) atoms. The van der Waals surface area contributed by atoms with Crippen molar-refractivity contribution in [2.24, 2.45) is 5.92 Å². The second-order valence-corrected chi connectivity index (χ2v) is 5.82. The van der Waals surface area contributed by atoms with Gasteiger partial charge in [0.1, 0.15) is 11.9 Å². The van der Waals surface area contributed by atoms with Crippen molar-refractivity contribution >= 4 is 0 Å². The number of rotatable bonds is 4. The van der Waals surface area contributed by atoms with Crippen molar-refractivity contribution in [1.82, 2.24) is 20.2 Å². The van der Waals surface area contributed by atoms with Crippen LogP contribution in [0.5, 0.6) is 0 Å². The maximum absolute atomic E-state index is 12.9. The first-order chi connectivity index (χ1) is 11.0. The van der Waals surface area contributed by atoms with E-state index in [2.05, 4.69) is 20.2 Å². The Balaban J connectivity index is 1.92. The van der Waals surface area contributed by atoms with E-state index < -0.39 is 17.4 Å². The van der Waals surface area contributed by atoms with Gasteiger partial charge in [-0.2, -0.15) is 5.10 Å². The standard InChI is InChI=1S/C16H17FN4O2/c1-8(17)3-4-10-5-12(10)11-6-14(21-20-9(11)2)13-7-18-16(23)19-15(13)22/h3-4,6-8,10,12H,5H2,1-2H3,(H2,18,19,22,23)/b4-3+/t8?,10-,12-/m0/s1. The van der Waals surface area contributed by atoms with Gasteiger partial charge in [-0.15, -0.1) is 5.10 Å². The van der Waals surface area contributed by atoms with E-state index in [-0.39, 0.29) is 17.4 Å². The SMILES string of the molecule is Cc1nnc(-c2c[nH]c(=O)[nH]c2=O)cc1[C@H]1C[C@@H]1/C=C/C(C)F. The summed E-state index contributed by atoms with van der Waals surface area (Å²) in [5.74, 6) is 0.555. The molecule has 7 heteroatoms. The predicted octanol–water partition coefficient (Wildman–Crippen LogP) is 1.85. The lowest BCUT2D eigenvalue weighted by Gasteiger charge is -2.06. The number of alkyl halides is 1. The minimum Gasteiger partial charge on any atom is -0.313 e. The molecule has 1 fully saturated rings. The first-order valence-electron chi connectivity index (χ1n) is 7.44. The van der Waals surface area contributed by atoms with Crippen LogP contribution in [-0.2, 0) is 0 Å². The minimum atomic E-state index is -0.955. The summed E-state index contributed by atoms with van der Waals surface area (Å²) in [7, 11) is 0. The third-order valence-corrected chi connectivity index (χ3v) is 3.98. The third kappa shape index (κ3) is 3.28. The third-order valence-electron chi connectivity index (χ3n) is 3.98. The van der Waals surface area contributed by atoms with Crippen molar-refractivity contribution in [3.8, 4) is 11.3 Å². The van der Waals surface area contributed by atoms with Gasteiger partial charge in [0.2, 0.25) is 0 Å². The van der Waals surface area contributed by atoms with Crippen LogP contribution in [0.1, 0.15) is 30.5 Å². The zero-order valence-corrected chi connectivity index (χ0v) is 12.8. The molecule has 0 aromatic carbocycles. The van der Waals surface area contributed by atoms with Crippen molar-refractivity contribution in [2.75, 3.05) is 0 Å². The van der Waals surface area contributed by atoms with Gasteiger partial charge in [-0.3, -0.25) is 9.78 Å². The lowest BCUT2D eigenvalue weighted by Crippen LogP contribution is -2.23. The van der Waals surface area contributed by atoms with Crippen molar-refractivity contribution in [3.05, 3.63) is 56.5 Å². The van der Waals surface area contributed by atoms with Gasteiger partial charge in [-0.05, 0) is 43.7 Å². The van der Waals surface area contributed by atoms with Crippen LogP contribution in [0.3, 0.4) is 0 Å². The molecule has 0 aliphatic heterocycles. The second kappa shape index (κ2) is 5.91. The van der Waals surface area contributed by atoms with Crippen LogP contribution in [0, 0.1) is 12.8 Å². The molecular weight excluding hydrogens is 299 g/mol. The molecule has 0 radical (unpaired) electrons. The van der Waals surface area contributed by atoms with Crippen LogP contribution in [0.2, 0.25) is 0 Å². The molecule has 0 amide bonds. The van der Waals surface area contributed by atoms with Crippen LogP contribution in [0.4, 0.5) is 4.39 Å². The number of nitrogens with zero attached hydrogens (tertiary/aromatic N) is 2. The van der Waals surface area contributed by atoms with Crippen LogP contribution in [-0.4, -0.2) is 26.3 Å². The summed E-state index contributed by atoms with van der Waals surface area (Å²) in [6.45, 7) is 3.35. The van der Waals surface area contributed by atoms with Gasteiger partial charge in [0.25, 0.3) is 5.56 Å². The van der Waals surface area contributed by atoms with E-state index >= 15 is 0 Å². The van der Waals surface area contributed by atoms with E-state index in [1.54, 1.807) is 6.08 Å². The Labute approximate surface area is 131 Å². The van der Waals surface area contributed by atoms with Gasteiger partial charge >= 0.3 is 5.69 Å². The number of nitrogens with one attached hydrogen (secondary N) is 2. The number of allylic oxidation sites excluding steroid dienone is 2. The fourth-order valence-electron chi connectivity index (χ4n) is 2.65. The first kappa shape index (κ1) is 15.3. The summed E-state index contributed by atoms with van der Waals surface area (Å²) in [6.07, 6.45) is 4.75. The molecule has 3 atom stereocenters. The van der Waals surface area contributed by atoms with Gasteiger partial charge in [0, 0.05) is 6.20 Å². The number of aromatic nitrogens is 4.